The molecular weight excluding hydrogens is 289 g/mol. The van der Waals surface area contributed by atoms with Crippen molar-refractivity contribution in [2.75, 3.05) is 0 Å². The molecule has 0 N–H and O–H groups in total. The minimum Gasteiger partial charge on any atom is -0.442 e. The first-order valence-corrected chi connectivity index (χ1v) is 6.27. The Morgan fingerprint density at radius 1 is 0.857 bits per heavy atom. The van der Waals surface area contributed by atoms with Gasteiger partial charge in [0.05, 0.1) is 0 Å². The Bertz CT molecular complexity index is 728. The summed E-state index contributed by atoms with van der Waals surface area (Å²) in [6.07, 6.45) is 0.972. The molecule has 21 heavy (non-hydrogen) atoms. The number of aromatic nitrogens is 1. The Hall–Kier alpha value is -2.18. The van der Waals surface area contributed by atoms with Gasteiger partial charge in [-0.1, -0.05) is 18.2 Å². The van der Waals surface area contributed by atoms with E-state index in [1.165, 1.54) is 42.5 Å². The van der Waals surface area contributed by atoms with Crippen molar-refractivity contribution in [1.29, 1.82) is 0 Å². The first-order chi connectivity index (χ1) is 9.83. The highest BCUT2D eigenvalue weighted by molar-refractivity contribution is 6.65. The van der Waals surface area contributed by atoms with Gasteiger partial charge in [0, 0.05) is 11.6 Å². The molecule has 1 aromatic carbocycles. The van der Waals surface area contributed by atoms with Crippen molar-refractivity contribution in [3.8, 4) is 0 Å². The van der Waals surface area contributed by atoms with E-state index in [1.807, 2.05) is 0 Å². The van der Waals surface area contributed by atoms with Crippen molar-refractivity contribution in [2.24, 2.45) is 0 Å². The molecule has 108 valence electrons. The van der Waals surface area contributed by atoms with Crippen molar-refractivity contribution >= 4 is 19.8 Å². The van der Waals surface area contributed by atoms with Gasteiger partial charge in [0.2, 0.25) is 5.69 Å². The molecular formula is C12H9B2F5N2. The molecule has 0 atom stereocenters. The lowest BCUT2D eigenvalue weighted by Crippen LogP contribution is -2.66. The number of nitrogens with zero attached hydrogens (tertiary/aromatic N) is 2. The number of fused-ring (bicyclic) bond motifs is 1. The summed E-state index contributed by atoms with van der Waals surface area (Å²) in [5, 5.41) is 0. The predicted molar refractivity (Wildman–Crippen MR) is 69.0 cm³/mol. The van der Waals surface area contributed by atoms with Gasteiger partial charge in [0.15, 0.2) is 5.71 Å². The summed E-state index contributed by atoms with van der Waals surface area (Å²) in [7, 11) is -5.89. The largest absolute Gasteiger partial charge is 0.875 e. The summed E-state index contributed by atoms with van der Waals surface area (Å²) in [5.74, 6) is 0. The van der Waals surface area contributed by atoms with E-state index < -0.39 is 24.2 Å². The standard InChI is InChI=1S/C12H9B2F5N2/c15-13(16,17)21-12(10-6-2-1-3-7-10)11-8-4-5-9-20(11)14(21,18)19/h1-9H. The molecule has 0 saturated heterocycles. The summed E-state index contributed by atoms with van der Waals surface area (Å²) in [5.41, 5.74) is -0.544. The molecule has 3 rings (SSSR count). The van der Waals surface area contributed by atoms with Crippen LogP contribution >= 0.6 is 0 Å². The van der Waals surface area contributed by atoms with E-state index in [2.05, 4.69) is 0 Å². The van der Waals surface area contributed by atoms with Crippen molar-refractivity contribution in [3.05, 3.63) is 66.0 Å². The highest BCUT2D eigenvalue weighted by atomic mass is 19.4. The number of hydrogen-bond donors (Lipinski definition) is 0. The smallest absolute Gasteiger partial charge is 0.442 e. The zero-order valence-electron chi connectivity index (χ0n) is 10.6. The van der Waals surface area contributed by atoms with Gasteiger partial charge in [-0.25, -0.2) is 0 Å². The number of hydrogen-bond acceptors (Lipinski definition) is 0. The van der Waals surface area contributed by atoms with E-state index in [4.69, 9.17) is 0 Å². The van der Waals surface area contributed by atoms with Crippen LogP contribution in [-0.4, -0.2) is 24.2 Å². The molecule has 0 radical (unpaired) electrons. The van der Waals surface area contributed by atoms with Crippen LogP contribution in [0.2, 0.25) is 0 Å². The lowest BCUT2D eigenvalue weighted by molar-refractivity contribution is -0.616. The van der Waals surface area contributed by atoms with Crippen molar-refractivity contribution in [1.82, 2.24) is 0 Å². The average Bonchev–Trinajstić information content (AvgIpc) is 2.68. The zero-order chi connectivity index (χ0) is 15.3. The van der Waals surface area contributed by atoms with Crippen LogP contribution in [0.15, 0.2) is 54.7 Å². The molecule has 1 aliphatic rings. The average molecular weight is 298 g/mol. The number of benzene rings is 1. The number of rotatable bonds is 2. The van der Waals surface area contributed by atoms with Gasteiger partial charge in [-0.05, 0) is 24.3 Å². The Morgan fingerprint density at radius 2 is 1.48 bits per heavy atom. The third-order valence-electron chi connectivity index (χ3n) is 3.42. The molecule has 0 fully saturated rings. The fourth-order valence-corrected chi connectivity index (χ4v) is 2.59. The first-order valence-electron chi connectivity index (χ1n) is 6.27. The maximum atomic E-state index is 14.3. The van der Waals surface area contributed by atoms with Crippen LogP contribution < -0.4 is 4.48 Å². The minimum atomic E-state index is -5.89. The first kappa shape index (κ1) is 13.8. The fourth-order valence-electron chi connectivity index (χ4n) is 2.59. The quantitative estimate of drug-likeness (QED) is 0.594. The molecule has 2 heterocycles. The van der Waals surface area contributed by atoms with E-state index in [1.54, 1.807) is 6.07 Å². The van der Waals surface area contributed by atoms with Crippen molar-refractivity contribution < 1.29 is 30.5 Å². The lowest BCUT2D eigenvalue weighted by Gasteiger charge is -2.21. The van der Waals surface area contributed by atoms with Crippen LogP contribution in [0, 0.1) is 0 Å². The molecule has 0 amide bonds. The molecule has 1 aliphatic heterocycles. The van der Waals surface area contributed by atoms with Crippen LogP contribution in [0.3, 0.4) is 0 Å². The summed E-state index contributed by atoms with van der Waals surface area (Å²) in [6, 6.07) is 11.4. The molecule has 2 aromatic rings. The van der Waals surface area contributed by atoms with Crippen molar-refractivity contribution in [2.45, 2.75) is 0 Å². The molecule has 0 bridgehead atoms. The fraction of sp³-hybridized carbons (Fsp3) is 0. The normalized spacial score (nSPS) is 17.0. The van der Waals surface area contributed by atoms with E-state index in [9.17, 15) is 21.6 Å². The summed E-state index contributed by atoms with van der Waals surface area (Å²) >= 11 is 0. The van der Waals surface area contributed by atoms with Crippen molar-refractivity contribution in [3.63, 3.8) is 0 Å². The van der Waals surface area contributed by atoms with E-state index in [0.29, 0.717) is 4.48 Å². The molecule has 0 spiro atoms. The topological polar surface area (TPSA) is 6.89 Å². The summed E-state index contributed by atoms with van der Waals surface area (Å²) in [6.45, 7) is -4.93. The van der Waals surface area contributed by atoms with E-state index >= 15 is 0 Å². The van der Waals surface area contributed by atoms with Crippen LogP contribution in [-0.2, 0) is 0 Å². The number of halogens is 5. The Balaban J connectivity index is 2.38. The van der Waals surface area contributed by atoms with Gasteiger partial charge in [-0.3, -0.25) is 4.48 Å². The number of pyridine rings is 1. The van der Waals surface area contributed by atoms with Gasteiger partial charge in [-0.2, -0.15) is 0 Å². The Morgan fingerprint density at radius 3 is 2.10 bits per heavy atom. The highest BCUT2D eigenvalue weighted by Gasteiger charge is 2.68. The van der Waals surface area contributed by atoms with E-state index in [0.717, 1.165) is 6.20 Å². The lowest BCUT2D eigenvalue weighted by atomic mass is 9.87. The van der Waals surface area contributed by atoms with Crippen LogP contribution in [0.4, 0.5) is 21.6 Å². The second-order valence-corrected chi connectivity index (χ2v) is 4.74. The zero-order valence-corrected chi connectivity index (χ0v) is 10.6. The van der Waals surface area contributed by atoms with Gasteiger partial charge in [-0.15, -0.1) is 0 Å². The SMILES string of the molecule is F[B-](F)(F)[N+]1=C(c2ccccc2)c2cccc[n+]2[B-]1(F)F. The molecule has 0 saturated carbocycles. The summed E-state index contributed by atoms with van der Waals surface area (Å²) < 4.78 is 68.0. The van der Waals surface area contributed by atoms with Crippen LogP contribution in [0.5, 0.6) is 0 Å². The van der Waals surface area contributed by atoms with Gasteiger partial charge in [0.25, 0.3) is 0 Å². The maximum Gasteiger partial charge on any atom is 0.875 e. The minimum absolute atomic E-state index is 0.107. The summed E-state index contributed by atoms with van der Waals surface area (Å²) in [4.78, 5) is 0. The second-order valence-electron chi connectivity index (χ2n) is 4.74. The monoisotopic (exact) mass is 298 g/mol. The molecule has 0 aliphatic carbocycles. The second kappa shape index (κ2) is 4.41. The highest BCUT2D eigenvalue weighted by Crippen LogP contribution is 2.27. The third kappa shape index (κ3) is 2.03. The Labute approximate surface area is 117 Å². The molecule has 0 unspecified atom stereocenters. The molecule has 1 aromatic heterocycles. The molecule has 2 nitrogen and oxygen atoms in total. The van der Waals surface area contributed by atoms with Gasteiger partial charge < -0.3 is 26.0 Å². The van der Waals surface area contributed by atoms with Crippen LogP contribution in [0.1, 0.15) is 11.3 Å². The maximum absolute atomic E-state index is 14.3. The van der Waals surface area contributed by atoms with Gasteiger partial charge >= 0.3 is 14.1 Å². The predicted octanol–water partition coefficient (Wildman–Crippen LogP) is 2.40. The molecule has 9 heteroatoms. The Kier molecular flexibility index (Phi) is 2.89. The third-order valence-corrected chi connectivity index (χ3v) is 3.42. The van der Waals surface area contributed by atoms with E-state index in [-0.39, 0.29) is 11.3 Å². The van der Waals surface area contributed by atoms with Crippen LogP contribution in [0.25, 0.3) is 0 Å². The van der Waals surface area contributed by atoms with Gasteiger partial charge in [0.1, 0.15) is 6.20 Å².